The van der Waals surface area contributed by atoms with Gasteiger partial charge in [0.05, 0.1) is 0 Å². The molecule has 0 radical (unpaired) electrons. The number of carbonyl (C=O) groups excluding carboxylic acids is 1. The molecule has 3 nitrogen and oxygen atoms in total. The number of amides is 1. The normalized spacial score (nSPS) is 12.4. The molecule has 1 amide bonds. The van der Waals surface area contributed by atoms with Gasteiger partial charge >= 0.3 is 0 Å². The highest BCUT2D eigenvalue weighted by Crippen LogP contribution is 2.20. The van der Waals surface area contributed by atoms with E-state index in [9.17, 15) is 9.18 Å². The second-order valence-corrected chi connectivity index (χ2v) is 2.36. The summed E-state index contributed by atoms with van der Waals surface area (Å²) in [5, 5.41) is 8.92. The van der Waals surface area contributed by atoms with Crippen molar-refractivity contribution in [3.63, 3.8) is 0 Å². The maximum absolute atomic E-state index is 12.9. The van der Waals surface area contributed by atoms with Crippen molar-refractivity contribution in [2.24, 2.45) is 5.73 Å². The van der Waals surface area contributed by atoms with Crippen LogP contribution in [0.4, 0.5) is 4.39 Å². The monoisotopic (exact) mass is 169 g/mol. The van der Waals surface area contributed by atoms with Crippen molar-refractivity contribution in [3.05, 3.63) is 29.8 Å². The number of benzene rings is 1. The van der Waals surface area contributed by atoms with Gasteiger partial charge in [-0.1, -0.05) is 12.1 Å². The van der Waals surface area contributed by atoms with Gasteiger partial charge in [-0.15, -0.1) is 0 Å². The van der Waals surface area contributed by atoms with E-state index in [0.29, 0.717) is 0 Å². The Bertz CT molecular complexity index is 301. The summed E-state index contributed by atoms with van der Waals surface area (Å²) in [6, 6.07) is 5.38. The molecule has 0 saturated carbocycles. The summed E-state index contributed by atoms with van der Waals surface area (Å²) in [6.07, 6.45) is -1.85. The Morgan fingerprint density at radius 3 is 2.75 bits per heavy atom. The summed E-state index contributed by atoms with van der Waals surface area (Å²) >= 11 is 0. The van der Waals surface area contributed by atoms with E-state index >= 15 is 0 Å². The Morgan fingerprint density at radius 2 is 2.25 bits per heavy atom. The Hall–Kier alpha value is -1.58. The molecule has 3 N–H and O–H groups in total. The molecule has 64 valence electrons. The molecule has 0 fully saturated rings. The number of hydrogen-bond donors (Lipinski definition) is 2. The molecule has 0 heterocycles. The number of primary amides is 1. The summed E-state index contributed by atoms with van der Waals surface area (Å²) in [5.41, 5.74) is 4.79. The lowest BCUT2D eigenvalue weighted by molar-refractivity contribution is -0.122. The van der Waals surface area contributed by atoms with Crippen LogP contribution >= 0.6 is 0 Å². The van der Waals surface area contributed by atoms with Gasteiger partial charge in [0.2, 0.25) is 6.17 Å². The molecule has 1 rings (SSSR count). The van der Waals surface area contributed by atoms with Crippen molar-refractivity contribution in [2.75, 3.05) is 0 Å². The number of hydrogen-bond acceptors (Lipinski definition) is 2. The van der Waals surface area contributed by atoms with Crippen LogP contribution in [0, 0.1) is 0 Å². The molecule has 1 aromatic carbocycles. The predicted molar refractivity (Wildman–Crippen MR) is 41.2 cm³/mol. The van der Waals surface area contributed by atoms with Gasteiger partial charge in [0.15, 0.2) is 0 Å². The highest BCUT2D eigenvalue weighted by molar-refractivity contribution is 5.80. The van der Waals surface area contributed by atoms with Crippen LogP contribution in [-0.2, 0) is 4.79 Å². The summed E-state index contributed by atoms with van der Waals surface area (Å²) in [7, 11) is 0. The summed E-state index contributed by atoms with van der Waals surface area (Å²) in [6.45, 7) is 0. The minimum Gasteiger partial charge on any atom is -0.508 e. The minimum absolute atomic E-state index is 0.0718. The zero-order chi connectivity index (χ0) is 9.14. The first kappa shape index (κ1) is 8.52. The van der Waals surface area contributed by atoms with Gasteiger partial charge in [-0.3, -0.25) is 4.79 Å². The topological polar surface area (TPSA) is 63.3 Å². The van der Waals surface area contributed by atoms with Crippen molar-refractivity contribution >= 4 is 5.91 Å². The molecule has 1 atom stereocenters. The van der Waals surface area contributed by atoms with Gasteiger partial charge < -0.3 is 10.8 Å². The van der Waals surface area contributed by atoms with E-state index in [1.165, 1.54) is 18.2 Å². The van der Waals surface area contributed by atoms with Crippen LogP contribution in [0.1, 0.15) is 11.7 Å². The first-order valence-electron chi connectivity index (χ1n) is 3.33. The van der Waals surface area contributed by atoms with Crippen LogP contribution in [0.15, 0.2) is 24.3 Å². The lowest BCUT2D eigenvalue weighted by Gasteiger charge is -2.03. The van der Waals surface area contributed by atoms with Gasteiger partial charge in [-0.25, -0.2) is 4.39 Å². The van der Waals surface area contributed by atoms with E-state index in [-0.39, 0.29) is 11.3 Å². The first-order valence-corrected chi connectivity index (χ1v) is 3.33. The number of nitrogens with two attached hydrogens (primary N) is 1. The lowest BCUT2D eigenvalue weighted by atomic mass is 10.1. The number of halogens is 1. The van der Waals surface area contributed by atoms with E-state index in [4.69, 9.17) is 10.8 Å². The molecule has 0 aromatic heterocycles. The quantitative estimate of drug-likeness (QED) is 0.690. The number of aromatic hydroxyl groups is 1. The summed E-state index contributed by atoms with van der Waals surface area (Å²) in [4.78, 5) is 10.4. The van der Waals surface area contributed by atoms with Crippen LogP contribution in [0.3, 0.4) is 0 Å². The van der Waals surface area contributed by atoms with E-state index in [2.05, 4.69) is 0 Å². The van der Waals surface area contributed by atoms with E-state index < -0.39 is 12.1 Å². The molecule has 0 aliphatic rings. The molecule has 1 unspecified atom stereocenters. The Kier molecular flexibility index (Phi) is 2.28. The fourth-order valence-electron chi connectivity index (χ4n) is 0.847. The molecule has 0 spiro atoms. The standard InChI is InChI=1S/C8H8FNO2/c9-7(8(10)12)5-2-1-3-6(11)4-5/h1-4,7,11H,(H2,10,12). The average molecular weight is 169 g/mol. The van der Waals surface area contributed by atoms with Crippen molar-refractivity contribution in [1.82, 2.24) is 0 Å². The molecule has 0 saturated heterocycles. The summed E-state index contributed by atoms with van der Waals surface area (Å²) in [5.74, 6) is -1.14. The van der Waals surface area contributed by atoms with E-state index in [0.717, 1.165) is 6.07 Å². The third-order valence-corrected chi connectivity index (χ3v) is 1.41. The van der Waals surface area contributed by atoms with Gasteiger partial charge in [-0.05, 0) is 17.7 Å². The molecule has 12 heavy (non-hydrogen) atoms. The SMILES string of the molecule is NC(=O)C(F)c1cccc(O)c1. The van der Waals surface area contributed by atoms with Crippen molar-refractivity contribution in [2.45, 2.75) is 6.17 Å². The van der Waals surface area contributed by atoms with Crippen LogP contribution in [-0.4, -0.2) is 11.0 Å². The fraction of sp³-hybridized carbons (Fsp3) is 0.125. The Balaban J connectivity index is 2.95. The highest BCUT2D eigenvalue weighted by Gasteiger charge is 2.15. The van der Waals surface area contributed by atoms with Crippen molar-refractivity contribution in [1.29, 1.82) is 0 Å². The zero-order valence-corrected chi connectivity index (χ0v) is 6.20. The number of phenolic OH excluding ortho intramolecular Hbond substituents is 1. The van der Waals surface area contributed by atoms with E-state index in [1.54, 1.807) is 0 Å². The lowest BCUT2D eigenvalue weighted by Crippen LogP contribution is -2.17. The smallest absolute Gasteiger partial charge is 0.256 e. The van der Waals surface area contributed by atoms with Crippen LogP contribution in [0.2, 0.25) is 0 Å². The van der Waals surface area contributed by atoms with Crippen molar-refractivity contribution in [3.8, 4) is 5.75 Å². The molecular formula is C8H8FNO2. The maximum atomic E-state index is 12.9. The Labute approximate surface area is 68.6 Å². The van der Waals surface area contributed by atoms with Gasteiger partial charge in [0.1, 0.15) is 5.75 Å². The molecule has 4 heteroatoms. The number of carbonyl (C=O) groups is 1. The zero-order valence-electron chi connectivity index (χ0n) is 6.20. The molecular weight excluding hydrogens is 161 g/mol. The fourth-order valence-corrected chi connectivity index (χ4v) is 0.847. The third kappa shape index (κ3) is 1.72. The molecule has 0 aliphatic heterocycles. The van der Waals surface area contributed by atoms with Gasteiger partial charge in [0, 0.05) is 0 Å². The molecule has 0 aliphatic carbocycles. The molecule has 0 bridgehead atoms. The highest BCUT2D eigenvalue weighted by atomic mass is 19.1. The van der Waals surface area contributed by atoms with Gasteiger partial charge in [-0.2, -0.15) is 0 Å². The first-order chi connectivity index (χ1) is 5.61. The minimum atomic E-state index is -1.85. The largest absolute Gasteiger partial charge is 0.508 e. The van der Waals surface area contributed by atoms with Gasteiger partial charge in [0.25, 0.3) is 5.91 Å². The second kappa shape index (κ2) is 3.21. The number of phenols is 1. The number of rotatable bonds is 2. The van der Waals surface area contributed by atoms with Crippen LogP contribution in [0.5, 0.6) is 5.75 Å². The molecule has 1 aromatic rings. The third-order valence-electron chi connectivity index (χ3n) is 1.41. The van der Waals surface area contributed by atoms with Crippen LogP contribution < -0.4 is 5.73 Å². The van der Waals surface area contributed by atoms with Crippen LogP contribution in [0.25, 0.3) is 0 Å². The van der Waals surface area contributed by atoms with E-state index in [1.807, 2.05) is 0 Å². The second-order valence-electron chi connectivity index (χ2n) is 2.36. The average Bonchev–Trinajstić information content (AvgIpc) is 2.03. The predicted octanol–water partition coefficient (Wildman–Crippen LogP) is 0.888. The maximum Gasteiger partial charge on any atom is 0.256 e. The number of alkyl halides is 1. The summed E-state index contributed by atoms with van der Waals surface area (Å²) < 4.78 is 12.9. The van der Waals surface area contributed by atoms with Crippen molar-refractivity contribution < 1.29 is 14.3 Å². The Morgan fingerprint density at radius 1 is 1.58 bits per heavy atom.